The van der Waals surface area contributed by atoms with Gasteiger partial charge in [0.1, 0.15) is 0 Å². The third kappa shape index (κ3) is 3.60. The molecule has 1 saturated heterocycles. The molecule has 3 N–H and O–H groups in total. The molecule has 2 rings (SSSR count). The molecule has 5 nitrogen and oxygen atoms in total. The van der Waals surface area contributed by atoms with Crippen LogP contribution in [0, 0.1) is 18.8 Å². The third-order valence-electron chi connectivity index (χ3n) is 3.01. The topological polar surface area (TPSA) is 89.3 Å². The van der Waals surface area contributed by atoms with Crippen molar-refractivity contribution in [1.29, 1.82) is 0 Å². The maximum Gasteiger partial charge on any atom is 0.261 e. The number of aryl methyl sites for hydroxylation is 1. The van der Waals surface area contributed by atoms with Gasteiger partial charge in [-0.3, -0.25) is 4.79 Å². The number of sulfone groups is 1. The Labute approximate surface area is 122 Å². The molecule has 0 aliphatic carbocycles. The van der Waals surface area contributed by atoms with E-state index in [0.717, 1.165) is 10.4 Å². The SMILES string of the molecule is Cc1cc(C(=O)NC2CCS(=O)(=O)C2)sc1C#CCN. The average Bonchev–Trinajstić information content (AvgIpc) is 2.90. The first-order chi connectivity index (χ1) is 9.41. The van der Waals surface area contributed by atoms with Crippen LogP contribution in [0.25, 0.3) is 0 Å². The maximum atomic E-state index is 12.1. The van der Waals surface area contributed by atoms with Gasteiger partial charge in [0, 0.05) is 6.04 Å². The van der Waals surface area contributed by atoms with E-state index < -0.39 is 9.84 Å². The standard InChI is InChI=1S/C13H16N2O3S2/c1-9-7-12(19-11(9)3-2-5-14)13(16)15-10-4-6-20(17,18)8-10/h7,10H,4-6,8,14H2,1H3,(H,15,16). The van der Waals surface area contributed by atoms with Crippen molar-refractivity contribution < 1.29 is 13.2 Å². The number of thiophene rings is 1. The van der Waals surface area contributed by atoms with Gasteiger partial charge in [0.15, 0.2) is 9.84 Å². The van der Waals surface area contributed by atoms with E-state index in [-0.39, 0.29) is 30.0 Å². The van der Waals surface area contributed by atoms with Crippen molar-refractivity contribution >= 4 is 27.1 Å². The number of hydrogen-bond donors (Lipinski definition) is 2. The molecular weight excluding hydrogens is 296 g/mol. The molecule has 108 valence electrons. The summed E-state index contributed by atoms with van der Waals surface area (Å²) in [6.45, 7) is 2.16. The molecule has 0 radical (unpaired) electrons. The fraction of sp³-hybridized carbons (Fsp3) is 0.462. The summed E-state index contributed by atoms with van der Waals surface area (Å²) < 4.78 is 22.7. The van der Waals surface area contributed by atoms with E-state index in [4.69, 9.17) is 5.73 Å². The van der Waals surface area contributed by atoms with Gasteiger partial charge in [-0.25, -0.2) is 8.42 Å². The molecule has 1 aliphatic rings. The summed E-state index contributed by atoms with van der Waals surface area (Å²) in [6, 6.07) is 1.48. The first-order valence-corrected chi connectivity index (χ1v) is 8.86. The molecule has 0 saturated carbocycles. The fourth-order valence-corrected chi connectivity index (χ4v) is 4.64. The lowest BCUT2D eigenvalue weighted by Gasteiger charge is -2.08. The second kappa shape index (κ2) is 5.95. The molecule has 0 aromatic carbocycles. The van der Waals surface area contributed by atoms with Gasteiger partial charge >= 0.3 is 0 Å². The number of nitrogens with one attached hydrogen (secondary N) is 1. The third-order valence-corrected chi connectivity index (χ3v) is 5.93. The van der Waals surface area contributed by atoms with E-state index in [1.165, 1.54) is 11.3 Å². The van der Waals surface area contributed by atoms with Crippen molar-refractivity contribution in [3.05, 3.63) is 21.4 Å². The highest BCUT2D eigenvalue weighted by molar-refractivity contribution is 7.91. The average molecular weight is 312 g/mol. The predicted molar refractivity (Wildman–Crippen MR) is 79.5 cm³/mol. The first-order valence-electron chi connectivity index (χ1n) is 6.22. The minimum atomic E-state index is -2.99. The molecule has 2 heterocycles. The molecule has 1 aliphatic heterocycles. The summed E-state index contributed by atoms with van der Waals surface area (Å²) in [7, 11) is -2.99. The van der Waals surface area contributed by atoms with Crippen molar-refractivity contribution in [1.82, 2.24) is 5.32 Å². The highest BCUT2D eigenvalue weighted by Gasteiger charge is 2.29. The lowest BCUT2D eigenvalue weighted by molar-refractivity contribution is 0.0945. The Morgan fingerprint density at radius 2 is 2.35 bits per heavy atom. The smallest absolute Gasteiger partial charge is 0.261 e. The highest BCUT2D eigenvalue weighted by Crippen LogP contribution is 2.21. The Morgan fingerprint density at radius 1 is 1.60 bits per heavy atom. The number of carbonyl (C=O) groups excluding carboxylic acids is 1. The Balaban J connectivity index is 2.07. The van der Waals surface area contributed by atoms with Crippen molar-refractivity contribution in [3.8, 4) is 11.8 Å². The Kier molecular flexibility index (Phi) is 4.48. The molecule has 1 unspecified atom stereocenters. The zero-order valence-electron chi connectivity index (χ0n) is 11.1. The molecule has 0 spiro atoms. The van der Waals surface area contributed by atoms with Crippen LogP contribution in [0.1, 0.15) is 26.5 Å². The fourth-order valence-electron chi connectivity index (χ4n) is 2.01. The van der Waals surface area contributed by atoms with Gasteiger partial charge in [0.05, 0.1) is 27.8 Å². The second-order valence-corrected chi connectivity index (χ2v) is 7.98. The lowest BCUT2D eigenvalue weighted by atomic mass is 10.2. The van der Waals surface area contributed by atoms with Crippen molar-refractivity contribution in [3.63, 3.8) is 0 Å². The van der Waals surface area contributed by atoms with Gasteiger partial charge in [0.25, 0.3) is 5.91 Å². The number of carbonyl (C=O) groups is 1. The van der Waals surface area contributed by atoms with Gasteiger partial charge in [-0.05, 0) is 25.0 Å². The molecule has 7 heteroatoms. The van der Waals surface area contributed by atoms with E-state index in [9.17, 15) is 13.2 Å². The molecule has 0 bridgehead atoms. The zero-order valence-corrected chi connectivity index (χ0v) is 12.7. The first kappa shape index (κ1) is 15.0. The molecule has 1 fully saturated rings. The normalized spacial score (nSPS) is 20.2. The van der Waals surface area contributed by atoms with E-state index in [1.54, 1.807) is 6.07 Å². The van der Waals surface area contributed by atoms with Crippen LogP contribution in [-0.2, 0) is 9.84 Å². The minimum Gasteiger partial charge on any atom is -0.348 e. The van der Waals surface area contributed by atoms with Crippen LogP contribution in [0.2, 0.25) is 0 Å². The number of amides is 1. The van der Waals surface area contributed by atoms with Gasteiger partial charge in [0.2, 0.25) is 0 Å². The Morgan fingerprint density at radius 3 is 2.95 bits per heavy atom. The molecule has 1 aromatic rings. The van der Waals surface area contributed by atoms with Crippen molar-refractivity contribution in [2.75, 3.05) is 18.1 Å². The summed E-state index contributed by atoms with van der Waals surface area (Å²) in [5, 5.41) is 2.77. The minimum absolute atomic E-state index is 0.0307. The molecule has 1 aromatic heterocycles. The summed E-state index contributed by atoms with van der Waals surface area (Å²) in [5.74, 6) is 5.62. The Bertz CT molecular complexity index is 680. The van der Waals surface area contributed by atoms with E-state index in [1.807, 2.05) is 6.92 Å². The van der Waals surface area contributed by atoms with Crippen LogP contribution in [0.5, 0.6) is 0 Å². The number of rotatable bonds is 2. The summed E-state index contributed by atoms with van der Waals surface area (Å²) in [5.41, 5.74) is 6.25. The summed E-state index contributed by atoms with van der Waals surface area (Å²) >= 11 is 1.30. The Hall–Kier alpha value is -1.36. The van der Waals surface area contributed by atoms with Gasteiger partial charge in [-0.1, -0.05) is 11.8 Å². The predicted octanol–water partition coefficient (Wildman–Crippen LogP) is 0.284. The molecular formula is C13H16N2O3S2. The molecule has 1 atom stereocenters. The number of hydrogen-bond acceptors (Lipinski definition) is 5. The largest absolute Gasteiger partial charge is 0.348 e. The van der Waals surface area contributed by atoms with Crippen molar-refractivity contribution in [2.24, 2.45) is 5.73 Å². The van der Waals surface area contributed by atoms with Crippen LogP contribution in [0.3, 0.4) is 0 Å². The lowest BCUT2D eigenvalue weighted by Crippen LogP contribution is -2.35. The summed E-state index contributed by atoms with van der Waals surface area (Å²) in [4.78, 5) is 13.5. The zero-order chi connectivity index (χ0) is 14.8. The van der Waals surface area contributed by atoms with Gasteiger partial charge in [-0.15, -0.1) is 11.3 Å². The second-order valence-electron chi connectivity index (χ2n) is 4.70. The van der Waals surface area contributed by atoms with Gasteiger partial charge < -0.3 is 11.1 Å². The van der Waals surface area contributed by atoms with Crippen LogP contribution >= 0.6 is 11.3 Å². The van der Waals surface area contributed by atoms with E-state index >= 15 is 0 Å². The van der Waals surface area contributed by atoms with Crippen LogP contribution in [0.15, 0.2) is 6.07 Å². The van der Waals surface area contributed by atoms with E-state index in [0.29, 0.717) is 11.3 Å². The van der Waals surface area contributed by atoms with Gasteiger partial charge in [-0.2, -0.15) is 0 Å². The summed E-state index contributed by atoms with van der Waals surface area (Å²) in [6.07, 6.45) is 0.484. The highest BCUT2D eigenvalue weighted by atomic mass is 32.2. The van der Waals surface area contributed by atoms with Crippen LogP contribution < -0.4 is 11.1 Å². The molecule has 20 heavy (non-hydrogen) atoms. The van der Waals surface area contributed by atoms with Crippen molar-refractivity contribution in [2.45, 2.75) is 19.4 Å². The van der Waals surface area contributed by atoms with Crippen LogP contribution in [0.4, 0.5) is 0 Å². The number of nitrogens with two attached hydrogens (primary N) is 1. The quantitative estimate of drug-likeness (QED) is 0.768. The van der Waals surface area contributed by atoms with Crippen LogP contribution in [-0.4, -0.2) is 38.4 Å². The molecule has 1 amide bonds. The monoisotopic (exact) mass is 312 g/mol. The maximum absolute atomic E-state index is 12.1. The van der Waals surface area contributed by atoms with E-state index in [2.05, 4.69) is 17.2 Å².